The molecule has 2 aliphatic rings. The SMILES string of the molecule is c1cnnc(N2CCN(C3CCCCC3)CC2)c1. The van der Waals surface area contributed by atoms with Gasteiger partial charge in [-0.3, -0.25) is 4.90 Å². The van der Waals surface area contributed by atoms with Gasteiger partial charge in [0.25, 0.3) is 0 Å². The second-order valence-corrected chi connectivity index (χ2v) is 5.40. The van der Waals surface area contributed by atoms with E-state index in [9.17, 15) is 0 Å². The molecule has 1 aliphatic carbocycles. The van der Waals surface area contributed by atoms with Crippen LogP contribution in [-0.4, -0.2) is 47.3 Å². The molecule has 4 heteroatoms. The topological polar surface area (TPSA) is 32.3 Å². The van der Waals surface area contributed by atoms with Crippen LogP contribution in [0.15, 0.2) is 18.3 Å². The van der Waals surface area contributed by atoms with Crippen LogP contribution >= 0.6 is 0 Å². The summed E-state index contributed by atoms with van der Waals surface area (Å²) in [7, 11) is 0. The van der Waals surface area contributed by atoms with Gasteiger partial charge in [-0.2, -0.15) is 5.10 Å². The first kappa shape index (κ1) is 11.9. The molecule has 0 bridgehead atoms. The van der Waals surface area contributed by atoms with E-state index < -0.39 is 0 Å². The van der Waals surface area contributed by atoms with E-state index in [0.29, 0.717) is 0 Å². The first-order valence-electron chi connectivity index (χ1n) is 7.20. The summed E-state index contributed by atoms with van der Waals surface area (Å²) in [6, 6.07) is 4.88. The molecule has 0 radical (unpaired) electrons. The zero-order valence-electron chi connectivity index (χ0n) is 11.0. The highest BCUT2D eigenvalue weighted by Crippen LogP contribution is 2.24. The number of piperazine rings is 1. The molecule has 4 nitrogen and oxygen atoms in total. The van der Waals surface area contributed by atoms with Gasteiger partial charge in [-0.15, -0.1) is 5.10 Å². The number of nitrogens with zero attached hydrogens (tertiary/aromatic N) is 4. The maximum Gasteiger partial charge on any atom is 0.151 e. The summed E-state index contributed by atoms with van der Waals surface area (Å²) in [4.78, 5) is 5.04. The van der Waals surface area contributed by atoms with Gasteiger partial charge in [-0.05, 0) is 25.0 Å². The van der Waals surface area contributed by atoms with Gasteiger partial charge in [0.05, 0.1) is 0 Å². The number of hydrogen-bond acceptors (Lipinski definition) is 4. The first-order valence-corrected chi connectivity index (χ1v) is 7.20. The third-order valence-electron chi connectivity index (χ3n) is 4.29. The van der Waals surface area contributed by atoms with Crippen LogP contribution in [0.3, 0.4) is 0 Å². The second-order valence-electron chi connectivity index (χ2n) is 5.40. The molecule has 2 fully saturated rings. The lowest BCUT2D eigenvalue weighted by atomic mass is 9.94. The third-order valence-corrected chi connectivity index (χ3v) is 4.29. The van der Waals surface area contributed by atoms with Crippen molar-refractivity contribution in [2.45, 2.75) is 38.1 Å². The predicted molar refractivity (Wildman–Crippen MR) is 72.7 cm³/mol. The summed E-state index contributed by atoms with van der Waals surface area (Å²) in [6.45, 7) is 4.55. The lowest BCUT2D eigenvalue weighted by Crippen LogP contribution is -2.51. The fraction of sp³-hybridized carbons (Fsp3) is 0.714. The second kappa shape index (κ2) is 5.65. The minimum atomic E-state index is 0.850. The highest BCUT2D eigenvalue weighted by molar-refractivity contribution is 5.36. The number of hydrogen-bond donors (Lipinski definition) is 0. The van der Waals surface area contributed by atoms with Crippen LogP contribution in [0.1, 0.15) is 32.1 Å². The van der Waals surface area contributed by atoms with Crippen LogP contribution in [0.4, 0.5) is 5.82 Å². The number of anilines is 1. The van der Waals surface area contributed by atoms with E-state index in [1.807, 2.05) is 6.07 Å². The van der Waals surface area contributed by atoms with Gasteiger partial charge in [0.1, 0.15) is 0 Å². The quantitative estimate of drug-likeness (QED) is 0.798. The Morgan fingerprint density at radius 1 is 1.00 bits per heavy atom. The molecule has 0 spiro atoms. The van der Waals surface area contributed by atoms with Crippen LogP contribution in [0.5, 0.6) is 0 Å². The average molecular weight is 246 g/mol. The zero-order chi connectivity index (χ0) is 12.2. The Labute approximate surface area is 109 Å². The van der Waals surface area contributed by atoms with Gasteiger partial charge < -0.3 is 4.90 Å². The van der Waals surface area contributed by atoms with E-state index in [1.165, 1.54) is 45.2 Å². The van der Waals surface area contributed by atoms with Gasteiger partial charge >= 0.3 is 0 Å². The molecule has 98 valence electrons. The molecule has 1 aromatic heterocycles. The summed E-state index contributed by atoms with van der Waals surface area (Å²) < 4.78 is 0. The van der Waals surface area contributed by atoms with Gasteiger partial charge in [-0.1, -0.05) is 19.3 Å². The van der Waals surface area contributed by atoms with Gasteiger partial charge in [0.2, 0.25) is 0 Å². The molecule has 0 N–H and O–H groups in total. The standard InChI is InChI=1S/C14H22N4/c1-2-5-13(6-3-1)17-9-11-18(12-10-17)14-7-4-8-15-16-14/h4,7-8,13H,1-3,5-6,9-12H2. The molecule has 1 saturated carbocycles. The minimum Gasteiger partial charge on any atom is -0.353 e. The molecule has 1 aromatic rings. The van der Waals surface area contributed by atoms with Crippen molar-refractivity contribution in [3.05, 3.63) is 18.3 Å². The van der Waals surface area contributed by atoms with E-state index >= 15 is 0 Å². The summed E-state index contributed by atoms with van der Waals surface area (Å²) in [5.41, 5.74) is 0. The molecular weight excluding hydrogens is 224 g/mol. The summed E-state index contributed by atoms with van der Waals surface area (Å²) in [6.07, 6.45) is 8.85. The highest BCUT2D eigenvalue weighted by atomic mass is 15.3. The van der Waals surface area contributed by atoms with Gasteiger partial charge in [-0.25, -0.2) is 0 Å². The lowest BCUT2D eigenvalue weighted by molar-refractivity contribution is 0.147. The van der Waals surface area contributed by atoms with E-state index in [-0.39, 0.29) is 0 Å². The predicted octanol–water partition coefficient (Wildman–Crippen LogP) is 1.93. The Bertz CT molecular complexity index is 353. The summed E-state index contributed by atoms with van der Waals surface area (Å²) >= 11 is 0. The summed E-state index contributed by atoms with van der Waals surface area (Å²) in [5.74, 6) is 1.03. The average Bonchev–Trinajstić information content (AvgIpc) is 2.49. The van der Waals surface area contributed by atoms with Crippen LogP contribution in [-0.2, 0) is 0 Å². The molecule has 1 aliphatic heterocycles. The van der Waals surface area contributed by atoms with Crippen molar-refractivity contribution in [1.82, 2.24) is 15.1 Å². The number of aromatic nitrogens is 2. The largest absolute Gasteiger partial charge is 0.353 e. The minimum absolute atomic E-state index is 0.850. The Morgan fingerprint density at radius 3 is 2.44 bits per heavy atom. The molecule has 0 aromatic carbocycles. The maximum atomic E-state index is 4.20. The van der Waals surface area contributed by atoms with Crippen LogP contribution in [0.25, 0.3) is 0 Å². The van der Waals surface area contributed by atoms with Crippen molar-refractivity contribution in [1.29, 1.82) is 0 Å². The molecule has 0 atom stereocenters. The Balaban J connectivity index is 1.54. The van der Waals surface area contributed by atoms with Gasteiger partial charge in [0.15, 0.2) is 5.82 Å². The van der Waals surface area contributed by atoms with Crippen molar-refractivity contribution in [3.8, 4) is 0 Å². The fourth-order valence-corrected chi connectivity index (χ4v) is 3.22. The van der Waals surface area contributed by atoms with E-state index in [0.717, 1.165) is 24.9 Å². The van der Waals surface area contributed by atoms with E-state index in [2.05, 4.69) is 26.1 Å². The number of rotatable bonds is 2. The normalized spacial score (nSPS) is 23.2. The van der Waals surface area contributed by atoms with Crippen molar-refractivity contribution < 1.29 is 0 Å². The monoisotopic (exact) mass is 246 g/mol. The molecule has 0 unspecified atom stereocenters. The van der Waals surface area contributed by atoms with Crippen molar-refractivity contribution >= 4 is 5.82 Å². The smallest absolute Gasteiger partial charge is 0.151 e. The van der Waals surface area contributed by atoms with Crippen LogP contribution in [0.2, 0.25) is 0 Å². The lowest BCUT2D eigenvalue weighted by Gasteiger charge is -2.41. The maximum absolute atomic E-state index is 4.20. The zero-order valence-corrected chi connectivity index (χ0v) is 11.0. The van der Waals surface area contributed by atoms with Crippen LogP contribution in [0, 0.1) is 0 Å². The Kier molecular flexibility index (Phi) is 3.74. The van der Waals surface area contributed by atoms with Crippen molar-refractivity contribution in [2.75, 3.05) is 31.1 Å². The molecular formula is C14H22N4. The van der Waals surface area contributed by atoms with Crippen LogP contribution < -0.4 is 4.90 Å². The van der Waals surface area contributed by atoms with E-state index in [1.54, 1.807) is 6.20 Å². The first-order chi connectivity index (χ1) is 8.93. The molecule has 18 heavy (non-hydrogen) atoms. The molecule has 0 amide bonds. The van der Waals surface area contributed by atoms with Gasteiger partial charge in [0, 0.05) is 38.4 Å². The Morgan fingerprint density at radius 2 is 1.78 bits per heavy atom. The van der Waals surface area contributed by atoms with Crippen molar-refractivity contribution in [2.24, 2.45) is 0 Å². The molecule has 1 saturated heterocycles. The van der Waals surface area contributed by atoms with E-state index in [4.69, 9.17) is 0 Å². The fourth-order valence-electron chi connectivity index (χ4n) is 3.22. The summed E-state index contributed by atoms with van der Waals surface area (Å²) in [5, 5.41) is 8.16. The third kappa shape index (κ3) is 2.64. The Hall–Kier alpha value is -1.16. The van der Waals surface area contributed by atoms with Crippen molar-refractivity contribution in [3.63, 3.8) is 0 Å². The highest BCUT2D eigenvalue weighted by Gasteiger charge is 2.25. The molecule has 2 heterocycles. The molecule has 3 rings (SSSR count).